The summed E-state index contributed by atoms with van der Waals surface area (Å²) < 4.78 is 42.0. The largest absolute Gasteiger partial charge is 0.360 e. The fourth-order valence-corrected chi connectivity index (χ4v) is 8.85. The van der Waals surface area contributed by atoms with E-state index in [1.165, 1.54) is 42.2 Å². The Bertz CT molecular complexity index is 2420. The van der Waals surface area contributed by atoms with E-state index in [9.17, 15) is 14.4 Å². The standard InChI is InChI=1S/C44H52ClF2N9O4Si/c1-52-37(33-13-12-31(38(46)39(33)47)34-26-50-55(28-60-23-24-61(4,5)6)40(34)36-9-7-8-16-48-36)27-49-41(52)42(57)51-30-10-11-32(35(45)25-30)44(59)54-19-17-53(18-20-54)43(58)29-14-21-56(2,3)22-15-29/h7-13,16,25-27,29H,14-15,17-24,28H2,1-6H3/p+1. The van der Waals surface area contributed by atoms with E-state index in [0.717, 1.165) is 36.5 Å². The first-order valence-electron chi connectivity index (χ1n) is 20.6. The molecule has 3 amide bonds. The van der Waals surface area contributed by atoms with Crippen LogP contribution in [-0.2, 0) is 23.3 Å². The number of pyridine rings is 1. The summed E-state index contributed by atoms with van der Waals surface area (Å²) in [5, 5.41) is 7.36. The Morgan fingerprint density at radius 3 is 2.26 bits per heavy atom. The predicted molar refractivity (Wildman–Crippen MR) is 234 cm³/mol. The number of likely N-dealkylation sites (tertiary alicyclic amines) is 1. The van der Waals surface area contributed by atoms with Gasteiger partial charge in [-0.3, -0.25) is 19.4 Å². The van der Waals surface area contributed by atoms with Crippen LogP contribution in [0.2, 0.25) is 30.7 Å². The van der Waals surface area contributed by atoms with E-state index in [2.05, 4.69) is 54.1 Å². The van der Waals surface area contributed by atoms with E-state index >= 15 is 8.78 Å². The zero-order chi connectivity index (χ0) is 43.6. The van der Waals surface area contributed by atoms with Gasteiger partial charge in [-0.1, -0.05) is 43.4 Å². The van der Waals surface area contributed by atoms with Gasteiger partial charge in [0, 0.05) is 95.2 Å². The normalized spacial score (nSPS) is 15.9. The monoisotopic (exact) mass is 872 g/mol. The molecule has 2 fully saturated rings. The number of ether oxygens (including phenoxy) is 1. The summed E-state index contributed by atoms with van der Waals surface area (Å²) in [7, 11) is 4.58. The third-order valence-corrected chi connectivity index (χ3v) is 13.7. The summed E-state index contributed by atoms with van der Waals surface area (Å²) in [4.78, 5) is 52.4. The second kappa shape index (κ2) is 18.0. The fourth-order valence-electron chi connectivity index (χ4n) is 7.83. The lowest BCUT2D eigenvalue weighted by molar-refractivity contribution is -0.895. The Morgan fingerprint density at radius 2 is 1.59 bits per heavy atom. The molecule has 2 saturated heterocycles. The van der Waals surface area contributed by atoms with E-state index < -0.39 is 25.6 Å². The molecule has 5 heterocycles. The molecule has 2 aliphatic rings. The number of nitrogens with one attached hydrogen (secondary N) is 1. The molecule has 17 heteroatoms. The number of imidazole rings is 1. The van der Waals surface area contributed by atoms with Gasteiger partial charge in [-0.05, 0) is 42.4 Å². The Kier molecular flexibility index (Phi) is 12.9. The Labute approximate surface area is 360 Å². The number of nitrogens with zero attached hydrogens (tertiary/aromatic N) is 8. The third-order valence-electron chi connectivity index (χ3n) is 11.6. The lowest BCUT2D eigenvalue weighted by atomic mass is 9.94. The van der Waals surface area contributed by atoms with Gasteiger partial charge in [0.2, 0.25) is 5.91 Å². The highest BCUT2D eigenvalue weighted by atomic mass is 35.5. The molecular formula is C44H53ClF2N9O4Si+. The quantitative estimate of drug-likeness (QED) is 0.0794. The first-order valence-corrected chi connectivity index (χ1v) is 24.7. The van der Waals surface area contributed by atoms with Gasteiger partial charge in [-0.25, -0.2) is 18.4 Å². The molecule has 7 rings (SSSR count). The van der Waals surface area contributed by atoms with Gasteiger partial charge in [-0.2, -0.15) is 5.10 Å². The van der Waals surface area contributed by atoms with Gasteiger partial charge in [0.1, 0.15) is 6.73 Å². The second-order valence-corrected chi connectivity index (χ2v) is 23.7. The van der Waals surface area contributed by atoms with Crippen molar-refractivity contribution in [2.24, 2.45) is 13.0 Å². The Hall–Kier alpha value is -5.29. The van der Waals surface area contributed by atoms with Crippen molar-refractivity contribution >= 4 is 43.1 Å². The second-order valence-electron chi connectivity index (χ2n) is 17.7. The van der Waals surface area contributed by atoms with Crippen molar-refractivity contribution in [2.45, 2.75) is 45.3 Å². The average Bonchev–Trinajstić information content (AvgIpc) is 3.83. The van der Waals surface area contributed by atoms with Crippen LogP contribution in [0.5, 0.6) is 0 Å². The molecule has 61 heavy (non-hydrogen) atoms. The van der Waals surface area contributed by atoms with E-state index in [1.807, 2.05) is 11.0 Å². The van der Waals surface area contributed by atoms with Crippen molar-refractivity contribution in [1.82, 2.24) is 34.1 Å². The number of amides is 3. The molecule has 0 saturated carbocycles. The van der Waals surface area contributed by atoms with Crippen LogP contribution in [0.15, 0.2) is 67.1 Å². The number of carbonyl (C=O) groups is 3. The van der Waals surface area contributed by atoms with E-state index in [4.69, 9.17) is 16.3 Å². The van der Waals surface area contributed by atoms with Gasteiger partial charge < -0.3 is 28.9 Å². The Balaban J connectivity index is 1.01. The molecule has 0 unspecified atom stereocenters. The van der Waals surface area contributed by atoms with Crippen LogP contribution in [0.1, 0.15) is 33.8 Å². The first kappa shape index (κ1) is 43.8. The third kappa shape index (κ3) is 9.77. The molecule has 0 aliphatic carbocycles. The van der Waals surface area contributed by atoms with Crippen LogP contribution >= 0.6 is 11.6 Å². The minimum Gasteiger partial charge on any atom is -0.360 e. The molecule has 2 aromatic carbocycles. The topological polar surface area (TPSA) is 127 Å². The Morgan fingerprint density at radius 1 is 0.902 bits per heavy atom. The molecular weight excluding hydrogens is 820 g/mol. The highest BCUT2D eigenvalue weighted by molar-refractivity contribution is 6.76. The molecule has 322 valence electrons. The van der Waals surface area contributed by atoms with Crippen molar-refractivity contribution in [1.29, 1.82) is 0 Å². The number of benzene rings is 2. The number of hydrogen-bond acceptors (Lipinski definition) is 7. The minimum absolute atomic E-state index is 0.00929. The first-order chi connectivity index (χ1) is 29.0. The van der Waals surface area contributed by atoms with Gasteiger partial charge >= 0.3 is 0 Å². The molecule has 1 N–H and O–H groups in total. The fraction of sp³-hybridized carbons (Fsp3) is 0.409. The van der Waals surface area contributed by atoms with Crippen molar-refractivity contribution in [3.63, 3.8) is 0 Å². The minimum atomic E-state index is -1.33. The molecule has 0 spiro atoms. The molecule has 5 aromatic rings. The number of aromatic nitrogens is 5. The van der Waals surface area contributed by atoms with Gasteiger partial charge in [0.25, 0.3) is 11.8 Å². The lowest BCUT2D eigenvalue weighted by Crippen LogP contribution is -2.54. The zero-order valence-corrected chi connectivity index (χ0v) is 37.3. The van der Waals surface area contributed by atoms with E-state index in [-0.39, 0.29) is 57.7 Å². The summed E-state index contributed by atoms with van der Waals surface area (Å²) in [5.41, 5.74) is 2.02. The smallest absolute Gasteiger partial charge is 0.291 e. The highest BCUT2D eigenvalue weighted by Crippen LogP contribution is 2.37. The van der Waals surface area contributed by atoms with Crippen molar-refractivity contribution in [3.05, 3.63) is 95.2 Å². The van der Waals surface area contributed by atoms with Crippen LogP contribution in [-0.4, -0.2) is 124 Å². The van der Waals surface area contributed by atoms with Crippen LogP contribution in [0.25, 0.3) is 33.8 Å². The SMILES string of the molecule is Cn1c(-c2ccc(-c3cnn(COCC[Si](C)(C)C)c3-c3ccccn3)c(F)c2F)cnc1C(=O)Nc1ccc(C(=O)N2CCN(C(=O)C3CC[N+](C)(C)CC3)CC2)c(Cl)c1. The van der Waals surface area contributed by atoms with Gasteiger partial charge in [0.05, 0.1) is 67.2 Å². The summed E-state index contributed by atoms with van der Waals surface area (Å²) in [6.45, 7) is 11.1. The molecule has 3 aromatic heterocycles. The number of carbonyl (C=O) groups excluding carboxylic acids is 3. The van der Waals surface area contributed by atoms with Crippen LogP contribution in [0.3, 0.4) is 0 Å². The number of piperazine rings is 1. The van der Waals surface area contributed by atoms with Crippen LogP contribution in [0.4, 0.5) is 14.5 Å². The predicted octanol–water partition coefficient (Wildman–Crippen LogP) is 7.28. The van der Waals surface area contributed by atoms with E-state index in [0.29, 0.717) is 55.4 Å². The van der Waals surface area contributed by atoms with Crippen molar-refractivity contribution in [3.8, 4) is 33.8 Å². The lowest BCUT2D eigenvalue weighted by Gasteiger charge is -2.40. The zero-order valence-electron chi connectivity index (χ0n) is 35.6. The van der Waals surface area contributed by atoms with Crippen LogP contribution in [0, 0.1) is 17.6 Å². The maximum absolute atomic E-state index is 16.1. The molecule has 0 radical (unpaired) electrons. The average molecular weight is 874 g/mol. The number of halogens is 3. The van der Waals surface area contributed by atoms with E-state index in [1.54, 1.807) is 40.0 Å². The van der Waals surface area contributed by atoms with Crippen molar-refractivity contribution in [2.75, 3.05) is 65.3 Å². The molecule has 0 atom stereocenters. The van der Waals surface area contributed by atoms with Gasteiger partial charge in [-0.15, -0.1) is 0 Å². The summed E-state index contributed by atoms with van der Waals surface area (Å²) in [6.07, 6.45) is 6.15. The molecule has 0 bridgehead atoms. The number of hydrogen-bond donors (Lipinski definition) is 1. The number of anilines is 1. The van der Waals surface area contributed by atoms with Gasteiger partial charge in [0.15, 0.2) is 17.5 Å². The summed E-state index contributed by atoms with van der Waals surface area (Å²) in [6, 6.07) is 13.8. The highest BCUT2D eigenvalue weighted by Gasteiger charge is 2.35. The van der Waals surface area contributed by atoms with Crippen LogP contribution < -0.4 is 5.32 Å². The maximum Gasteiger partial charge on any atom is 0.291 e. The van der Waals surface area contributed by atoms with Crippen molar-refractivity contribution < 1.29 is 32.4 Å². The number of rotatable bonds is 12. The number of quaternary nitrogens is 1. The summed E-state index contributed by atoms with van der Waals surface area (Å²) in [5.74, 6) is -2.96. The summed E-state index contributed by atoms with van der Waals surface area (Å²) >= 11 is 6.59. The molecule has 13 nitrogen and oxygen atoms in total. The number of piperidine rings is 1. The molecule has 2 aliphatic heterocycles. The maximum atomic E-state index is 16.1.